The molecule has 1 N–H and O–H groups in total. The summed E-state index contributed by atoms with van der Waals surface area (Å²) in [5.74, 6) is 0.0686. The number of fused-ring (bicyclic) bond motifs is 1. The number of ether oxygens (including phenoxy) is 1. The molecular weight excluding hydrogens is 215 g/mol. The maximum atomic E-state index is 12.4. The number of methoxy groups -OCH3 is 1. The smallest absolute Gasteiger partial charge is 0.347 e. The molecule has 0 radical (unpaired) electrons. The molecule has 0 saturated carbocycles. The lowest BCUT2D eigenvalue weighted by Gasteiger charge is -2.04. The lowest BCUT2D eigenvalue weighted by atomic mass is 10.1. The third-order valence-corrected chi connectivity index (χ3v) is 2.23. The van der Waals surface area contributed by atoms with Crippen LogP contribution in [0.25, 0.3) is 10.8 Å². The Morgan fingerprint density at radius 3 is 2.81 bits per heavy atom. The molecule has 5 heteroatoms. The van der Waals surface area contributed by atoms with Crippen LogP contribution in [0.1, 0.15) is 5.76 Å². The first-order valence-electron chi connectivity index (χ1n) is 4.55. The zero-order valence-electron chi connectivity index (χ0n) is 8.49. The molecule has 0 atom stereocenters. The van der Waals surface area contributed by atoms with Gasteiger partial charge in [0.05, 0.1) is 7.11 Å². The van der Waals surface area contributed by atoms with E-state index in [1.807, 2.05) is 0 Å². The number of hydrogen-bond donors (Lipinski definition) is 1. The predicted molar refractivity (Wildman–Crippen MR) is 55.5 cm³/mol. The van der Waals surface area contributed by atoms with Crippen LogP contribution >= 0.6 is 0 Å². The highest BCUT2D eigenvalue weighted by atomic mass is 19.1. The Morgan fingerprint density at radius 2 is 2.19 bits per heavy atom. The Bertz CT molecular complexity index is 583. The van der Waals surface area contributed by atoms with Crippen molar-refractivity contribution in [1.29, 1.82) is 0 Å². The third kappa shape index (κ3) is 1.60. The normalized spacial score (nSPS) is 10.6. The van der Waals surface area contributed by atoms with E-state index in [4.69, 9.17) is 4.74 Å². The van der Waals surface area contributed by atoms with Gasteiger partial charge in [0, 0.05) is 6.07 Å². The minimum absolute atomic E-state index is 0.0259. The van der Waals surface area contributed by atoms with Gasteiger partial charge in [-0.15, -0.1) is 0 Å². The highest BCUT2D eigenvalue weighted by Gasteiger charge is 2.10. The van der Waals surface area contributed by atoms with Crippen molar-refractivity contribution in [1.82, 2.24) is 0 Å². The van der Waals surface area contributed by atoms with E-state index < -0.39 is 12.3 Å². The second-order valence-corrected chi connectivity index (χ2v) is 3.24. The summed E-state index contributed by atoms with van der Waals surface area (Å²) in [5.41, 5.74) is -0.759. The summed E-state index contributed by atoms with van der Waals surface area (Å²) < 4.78 is 22.0. The van der Waals surface area contributed by atoms with E-state index in [1.54, 1.807) is 0 Å². The molecule has 0 spiro atoms. The van der Waals surface area contributed by atoms with E-state index in [-0.39, 0.29) is 16.9 Å². The molecule has 4 nitrogen and oxygen atoms in total. The zero-order valence-corrected chi connectivity index (χ0v) is 8.49. The number of aromatic hydroxyl groups is 1. The highest BCUT2D eigenvalue weighted by Crippen LogP contribution is 2.28. The first kappa shape index (κ1) is 10.5. The van der Waals surface area contributed by atoms with Gasteiger partial charge < -0.3 is 14.3 Å². The summed E-state index contributed by atoms with van der Waals surface area (Å²) in [6.45, 7) is -0.872. The lowest BCUT2D eigenvalue weighted by molar-refractivity contribution is 0.371. The molecule has 0 aliphatic rings. The summed E-state index contributed by atoms with van der Waals surface area (Å²) in [7, 11) is 1.43. The Balaban J connectivity index is 2.84. The lowest BCUT2D eigenvalue weighted by Crippen LogP contribution is -2.02. The number of hydrogen-bond acceptors (Lipinski definition) is 4. The van der Waals surface area contributed by atoms with Crippen LogP contribution in [0.5, 0.6) is 11.5 Å². The van der Waals surface area contributed by atoms with Gasteiger partial charge in [-0.3, -0.25) is 0 Å². The van der Waals surface area contributed by atoms with Crippen molar-refractivity contribution < 1.29 is 18.7 Å². The SMILES string of the molecule is COc1cc(O)c2c(=O)oc(CF)cc2c1. The average molecular weight is 224 g/mol. The maximum absolute atomic E-state index is 12.4. The molecule has 2 rings (SSSR count). The monoisotopic (exact) mass is 224 g/mol. The maximum Gasteiger partial charge on any atom is 0.347 e. The van der Waals surface area contributed by atoms with Gasteiger partial charge in [-0.2, -0.15) is 0 Å². The first-order valence-corrected chi connectivity index (χ1v) is 4.55. The Hall–Kier alpha value is -2.04. The summed E-state index contributed by atoms with van der Waals surface area (Å²) >= 11 is 0. The van der Waals surface area contributed by atoms with Gasteiger partial charge in [0.1, 0.15) is 29.3 Å². The molecule has 0 bridgehead atoms. The van der Waals surface area contributed by atoms with Crippen molar-refractivity contribution in [2.24, 2.45) is 0 Å². The van der Waals surface area contributed by atoms with Gasteiger partial charge in [-0.25, -0.2) is 9.18 Å². The largest absolute Gasteiger partial charge is 0.507 e. The molecule has 1 aromatic carbocycles. The number of benzene rings is 1. The summed E-state index contributed by atoms with van der Waals surface area (Å²) in [4.78, 5) is 11.4. The van der Waals surface area contributed by atoms with E-state index in [9.17, 15) is 14.3 Å². The Kier molecular flexibility index (Phi) is 2.52. The predicted octanol–water partition coefficient (Wildman–Crippen LogP) is 1.98. The second kappa shape index (κ2) is 3.84. The molecule has 0 fully saturated rings. The molecule has 0 unspecified atom stereocenters. The van der Waals surface area contributed by atoms with Crippen LogP contribution in [-0.2, 0) is 6.67 Å². The highest BCUT2D eigenvalue weighted by molar-refractivity contribution is 5.88. The van der Waals surface area contributed by atoms with Crippen molar-refractivity contribution in [3.8, 4) is 11.5 Å². The van der Waals surface area contributed by atoms with E-state index in [2.05, 4.69) is 4.42 Å². The summed E-state index contributed by atoms with van der Waals surface area (Å²) in [6.07, 6.45) is 0. The quantitative estimate of drug-likeness (QED) is 0.847. The van der Waals surface area contributed by atoms with E-state index in [0.29, 0.717) is 11.1 Å². The Morgan fingerprint density at radius 1 is 1.44 bits per heavy atom. The number of rotatable bonds is 2. The van der Waals surface area contributed by atoms with Gasteiger partial charge in [0.2, 0.25) is 0 Å². The molecule has 1 aromatic heterocycles. The molecule has 0 aliphatic carbocycles. The Labute approximate surface area is 89.9 Å². The molecule has 16 heavy (non-hydrogen) atoms. The van der Waals surface area contributed by atoms with Crippen molar-refractivity contribution in [2.75, 3.05) is 7.11 Å². The van der Waals surface area contributed by atoms with Crippen molar-refractivity contribution >= 4 is 10.8 Å². The third-order valence-electron chi connectivity index (χ3n) is 2.23. The van der Waals surface area contributed by atoms with Crippen molar-refractivity contribution in [3.63, 3.8) is 0 Å². The molecule has 2 aromatic rings. The topological polar surface area (TPSA) is 59.7 Å². The van der Waals surface area contributed by atoms with E-state index in [0.717, 1.165) is 0 Å². The average Bonchev–Trinajstić information content (AvgIpc) is 2.27. The fourth-order valence-electron chi connectivity index (χ4n) is 1.51. The molecular formula is C11H9FO4. The van der Waals surface area contributed by atoms with Crippen LogP contribution in [0, 0.1) is 0 Å². The van der Waals surface area contributed by atoms with Gasteiger partial charge in [0.25, 0.3) is 0 Å². The number of phenolic OH excluding ortho intramolecular Hbond substituents is 1. The first-order chi connectivity index (χ1) is 7.65. The second-order valence-electron chi connectivity index (χ2n) is 3.24. The zero-order chi connectivity index (χ0) is 11.7. The molecule has 0 saturated heterocycles. The molecule has 84 valence electrons. The number of alkyl halides is 1. The van der Waals surface area contributed by atoms with Crippen LogP contribution in [-0.4, -0.2) is 12.2 Å². The van der Waals surface area contributed by atoms with Gasteiger partial charge >= 0.3 is 5.63 Å². The summed E-state index contributed by atoms with van der Waals surface area (Å²) in [5, 5.41) is 10.0. The number of phenols is 1. The molecule has 1 heterocycles. The van der Waals surface area contributed by atoms with Gasteiger partial charge in [-0.05, 0) is 17.5 Å². The molecule has 0 aliphatic heterocycles. The number of halogens is 1. The minimum Gasteiger partial charge on any atom is -0.507 e. The van der Waals surface area contributed by atoms with Crippen LogP contribution < -0.4 is 10.4 Å². The minimum atomic E-state index is -0.872. The molecule has 0 amide bonds. The van der Waals surface area contributed by atoms with Crippen molar-refractivity contribution in [3.05, 3.63) is 34.4 Å². The van der Waals surface area contributed by atoms with Crippen LogP contribution in [0.15, 0.2) is 27.4 Å². The van der Waals surface area contributed by atoms with Crippen LogP contribution in [0.3, 0.4) is 0 Å². The van der Waals surface area contributed by atoms with Crippen LogP contribution in [0.2, 0.25) is 0 Å². The van der Waals surface area contributed by atoms with Gasteiger partial charge in [-0.1, -0.05) is 0 Å². The summed E-state index contributed by atoms with van der Waals surface area (Å²) in [6, 6.07) is 4.19. The van der Waals surface area contributed by atoms with E-state index >= 15 is 0 Å². The van der Waals surface area contributed by atoms with E-state index in [1.165, 1.54) is 25.3 Å². The fourth-order valence-corrected chi connectivity index (χ4v) is 1.51. The van der Waals surface area contributed by atoms with Crippen molar-refractivity contribution in [2.45, 2.75) is 6.67 Å². The van der Waals surface area contributed by atoms with Gasteiger partial charge in [0.15, 0.2) is 0 Å². The van der Waals surface area contributed by atoms with Crippen LogP contribution in [0.4, 0.5) is 4.39 Å². The standard InChI is InChI=1S/C11H9FO4/c1-15-7-2-6-3-8(5-12)16-11(14)10(6)9(13)4-7/h2-4,13H,5H2,1H3. The fraction of sp³-hybridized carbons (Fsp3) is 0.182.